The Balaban J connectivity index is 1.91. The Morgan fingerprint density at radius 1 is 1.00 bits per heavy atom. The Kier molecular flexibility index (Phi) is 6.92. The number of esters is 1. The van der Waals surface area contributed by atoms with Crippen molar-refractivity contribution in [1.82, 2.24) is 10.6 Å². The molecule has 0 radical (unpaired) electrons. The fourth-order valence-electron chi connectivity index (χ4n) is 3.17. The molecule has 0 spiro atoms. The summed E-state index contributed by atoms with van der Waals surface area (Å²) in [6.45, 7) is 3.32. The number of hydrogen-bond donors (Lipinski definition) is 2. The van der Waals surface area contributed by atoms with Crippen LogP contribution in [0.4, 0.5) is 4.79 Å². The molecule has 0 aromatic heterocycles. The van der Waals surface area contributed by atoms with Crippen molar-refractivity contribution >= 4 is 17.8 Å². The van der Waals surface area contributed by atoms with Crippen molar-refractivity contribution in [1.29, 1.82) is 0 Å². The van der Waals surface area contributed by atoms with E-state index < -0.39 is 18.0 Å². The van der Waals surface area contributed by atoms with Crippen molar-refractivity contribution in [2.45, 2.75) is 19.9 Å². The van der Waals surface area contributed by atoms with Gasteiger partial charge >= 0.3 is 12.0 Å². The van der Waals surface area contributed by atoms with Gasteiger partial charge < -0.3 is 24.8 Å². The fourth-order valence-corrected chi connectivity index (χ4v) is 3.17. The quantitative estimate of drug-likeness (QED) is 0.499. The molecule has 3 rings (SSSR count). The van der Waals surface area contributed by atoms with E-state index in [1.165, 1.54) is 6.92 Å². The summed E-state index contributed by atoms with van der Waals surface area (Å²) in [5, 5.41) is 5.42. The van der Waals surface area contributed by atoms with Crippen LogP contribution in [0.1, 0.15) is 35.8 Å². The third kappa shape index (κ3) is 5.22. The third-order valence-corrected chi connectivity index (χ3v) is 4.74. The van der Waals surface area contributed by atoms with Crippen LogP contribution in [-0.2, 0) is 9.53 Å². The first-order valence-corrected chi connectivity index (χ1v) is 9.78. The number of amides is 2. The number of carbonyl (C=O) groups is 3. The lowest BCUT2D eigenvalue weighted by Gasteiger charge is -2.29. The summed E-state index contributed by atoms with van der Waals surface area (Å²) in [7, 11) is 1.56. The number of methoxy groups -OCH3 is 1. The van der Waals surface area contributed by atoms with Crippen molar-refractivity contribution in [2.24, 2.45) is 0 Å². The number of benzene rings is 2. The molecule has 1 atom stereocenters. The average molecular weight is 424 g/mol. The summed E-state index contributed by atoms with van der Waals surface area (Å²) in [4.78, 5) is 36.5. The SMILES string of the molecule is CCOC(=O)C1=C(COc2ccc(C(C)=O)cc2)NC(=O)NC1c1ccc(OC)cc1. The van der Waals surface area contributed by atoms with E-state index in [4.69, 9.17) is 14.2 Å². The van der Waals surface area contributed by atoms with E-state index in [2.05, 4.69) is 10.6 Å². The Labute approximate surface area is 180 Å². The summed E-state index contributed by atoms with van der Waals surface area (Å²) in [5.41, 5.74) is 1.82. The topological polar surface area (TPSA) is 103 Å². The maximum atomic E-state index is 12.8. The number of Topliss-reactive ketones (excluding diaryl/α,β-unsaturated/α-hetero) is 1. The fraction of sp³-hybridized carbons (Fsp3) is 0.261. The van der Waals surface area contributed by atoms with Crippen molar-refractivity contribution in [3.05, 3.63) is 70.9 Å². The number of nitrogens with one attached hydrogen (secondary N) is 2. The van der Waals surface area contributed by atoms with Gasteiger partial charge in [-0.05, 0) is 55.8 Å². The number of hydrogen-bond acceptors (Lipinski definition) is 6. The molecule has 0 saturated heterocycles. The highest BCUT2D eigenvalue weighted by Gasteiger charge is 2.34. The molecule has 2 N–H and O–H groups in total. The molecular weight excluding hydrogens is 400 g/mol. The largest absolute Gasteiger partial charge is 0.497 e. The van der Waals surface area contributed by atoms with Gasteiger partial charge in [0.25, 0.3) is 0 Å². The molecule has 0 saturated carbocycles. The lowest BCUT2D eigenvalue weighted by Crippen LogP contribution is -2.47. The second-order valence-electron chi connectivity index (χ2n) is 6.79. The Hall–Kier alpha value is -3.81. The van der Waals surface area contributed by atoms with Crippen LogP contribution in [0.25, 0.3) is 0 Å². The molecule has 0 bridgehead atoms. The van der Waals surface area contributed by atoms with Gasteiger partial charge in [0, 0.05) is 5.56 Å². The molecule has 1 aliphatic heterocycles. The van der Waals surface area contributed by atoms with Crippen LogP contribution in [0.15, 0.2) is 59.8 Å². The monoisotopic (exact) mass is 424 g/mol. The summed E-state index contributed by atoms with van der Waals surface area (Å²) in [6, 6.07) is 12.5. The summed E-state index contributed by atoms with van der Waals surface area (Å²) < 4.78 is 16.2. The zero-order valence-corrected chi connectivity index (χ0v) is 17.6. The number of ketones is 1. The first kappa shape index (κ1) is 21.9. The second kappa shape index (κ2) is 9.80. The lowest BCUT2D eigenvalue weighted by atomic mass is 9.95. The van der Waals surface area contributed by atoms with E-state index >= 15 is 0 Å². The van der Waals surface area contributed by atoms with Crippen LogP contribution in [-0.4, -0.2) is 38.1 Å². The average Bonchev–Trinajstić information content (AvgIpc) is 2.77. The highest BCUT2D eigenvalue weighted by Crippen LogP contribution is 2.29. The minimum absolute atomic E-state index is 0.0493. The molecule has 8 heteroatoms. The lowest BCUT2D eigenvalue weighted by molar-refractivity contribution is -0.139. The normalized spacial score (nSPS) is 15.6. The molecule has 2 amide bonds. The molecular formula is C23H24N2O6. The number of ether oxygens (including phenoxy) is 3. The molecule has 0 fully saturated rings. The number of urea groups is 1. The van der Waals surface area contributed by atoms with Gasteiger partial charge in [0.2, 0.25) is 0 Å². The van der Waals surface area contributed by atoms with E-state index in [0.717, 1.165) is 0 Å². The highest BCUT2D eigenvalue weighted by atomic mass is 16.5. The molecule has 2 aromatic rings. The van der Waals surface area contributed by atoms with E-state index in [0.29, 0.717) is 28.3 Å². The minimum Gasteiger partial charge on any atom is -0.497 e. The Bertz CT molecular complexity index is 996. The molecule has 8 nitrogen and oxygen atoms in total. The van der Waals surface area contributed by atoms with E-state index in [1.807, 2.05) is 0 Å². The van der Waals surface area contributed by atoms with Gasteiger partial charge in [-0.3, -0.25) is 4.79 Å². The zero-order chi connectivity index (χ0) is 22.4. The van der Waals surface area contributed by atoms with Crippen molar-refractivity contribution in [3.63, 3.8) is 0 Å². The standard InChI is InChI=1S/C23H24N2O6/c1-4-30-22(27)20-19(13-31-18-11-5-15(6-12-18)14(2)26)24-23(28)25-21(20)16-7-9-17(29-3)10-8-16/h5-12,21H,4,13H2,1-3H3,(H2,24,25,28). The predicted molar refractivity (Wildman–Crippen MR) is 113 cm³/mol. The van der Waals surface area contributed by atoms with Gasteiger partial charge in [-0.15, -0.1) is 0 Å². The molecule has 31 heavy (non-hydrogen) atoms. The molecule has 0 aliphatic carbocycles. The van der Waals surface area contributed by atoms with E-state index in [-0.39, 0.29) is 24.6 Å². The van der Waals surface area contributed by atoms with Crippen LogP contribution in [0.2, 0.25) is 0 Å². The van der Waals surface area contributed by atoms with E-state index in [1.54, 1.807) is 62.6 Å². The molecule has 162 valence electrons. The zero-order valence-electron chi connectivity index (χ0n) is 17.6. The maximum Gasteiger partial charge on any atom is 0.338 e. The second-order valence-corrected chi connectivity index (χ2v) is 6.79. The number of carbonyl (C=O) groups excluding carboxylic acids is 3. The van der Waals surface area contributed by atoms with Crippen LogP contribution in [0.3, 0.4) is 0 Å². The summed E-state index contributed by atoms with van der Waals surface area (Å²) in [5.74, 6) is 0.547. The first-order valence-electron chi connectivity index (χ1n) is 9.78. The predicted octanol–water partition coefficient (Wildman–Crippen LogP) is 3.15. The van der Waals surface area contributed by atoms with Gasteiger partial charge in [-0.2, -0.15) is 0 Å². The molecule has 1 aliphatic rings. The van der Waals surface area contributed by atoms with Crippen molar-refractivity contribution in [3.8, 4) is 11.5 Å². The highest BCUT2D eigenvalue weighted by molar-refractivity contribution is 5.95. The van der Waals surface area contributed by atoms with E-state index in [9.17, 15) is 14.4 Å². The molecule has 1 unspecified atom stereocenters. The molecule has 1 heterocycles. The Morgan fingerprint density at radius 3 is 2.23 bits per heavy atom. The van der Waals surface area contributed by atoms with Crippen LogP contribution < -0.4 is 20.1 Å². The van der Waals surface area contributed by atoms with Crippen LogP contribution in [0.5, 0.6) is 11.5 Å². The van der Waals surface area contributed by atoms with Gasteiger partial charge in [0.1, 0.15) is 18.1 Å². The summed E-state index contributed by atoms with van der Waals surface area (Å²) >= 11 is 0. The van der Waals surface area contributed by atoms with Gasteiger partial charge in [0.05, 0.1) is 31.0 Å². The van der Waals surface area contributed by atoms with Gasteiger partial charge in [-0.25, -0.2) is 9.59 Å². The van der Waals surface area contributed by atoms with Crippen molar-refractivity contribution < 1.29 is 28.6 Å². The van der Waals surface area contributed by atoms with Gasteiger partial charge in [-0.1, -0.05) is 12.1 Å². The van der Waals surface area contributed by atoms with Crippen LogP contribution in [0, 0.1) is 0 Å². The first-order chi connectivity index (χ1) is 14.9. The molecule has 2 aromatic carbocycles. The van der Waals surface area contributed by atoms with Gasteiger partial charge in [0.15, 0.2) is 5.78 Å². The number of rotatable bonds is 8. The summed E-state index contributed by atoms with van der Waals surface area (Å²) in [6.07, 6.45) is 0. The van der Waals surface area contributed by atoms with Crippen LogP contribution >= 0.6 is 0 Å². The minimum atomic E-state index is -0.711. The Morgan fingerprint density at radius 2 is 1.65 bits per heavy atom. The third-order valence-electron chi connectivity index (χ3n) is 4.74. The van der Waals surface area contributed by atoms with Crippen molar-refractivity contribution in [2.75, 3.05) is 20.3 Å². The maximum absolute atomic E-state index is 12.8. The smallest absolute Gasteiger partial charge is 0.338 e.